The first-order valence-corrected chi connectivity index (χ1v) is 8.24. The second kappa shape index (κ2) is 8.07. The second-order valence-corrected chi connectivity index (χ2v) is 6.85. The van der Waals surface area contributed by atoms with Gasteiger partial charge >= 0.3 is 0 Å². The maximum absolute atomic E-state index is 12.3. The van der Waals surface area contributed by atoms with Gasteiger partial charge in [-0.2, -0.15) is 0 Å². The van der Waals surface area contributed by atoms with Gasteiger partial charge in [-0.05, 0) is 18.9 Å². The van der Waals surface area contributed by atoms with E-state index >= 15 is 0 Å². The highest BCUT2D eigenvalue weighted by Gasteiger charge is 2.31. The fourth-order valence-corrected chi connectivity index (χ4v) is 3.56. The number of rotatable bonds is 7. The molecule has 10 heteroatoms. The molecule has 0 bridgehead atoms. The Kier molecular flexibility index (Phi) is 7.73. The van der Waals surface area contributed by atoms with E-state index in [9.17, 15) is 18.5 Å². The van der Waals surface area contributed by atoms with E-state index in [0.29, 0.717) is 12.8 Å². The molecule has 1 rings (SSSR count). The first-order valence-electron chi connectivity index (χ1n) is 6.38. The Balaban J connectivity index is 0.00000441. The van der Waals surface area contributed by atoms with Crippen LogP contribution in [0.25, 0.3) is 0 Å². The van der Waals surface area contributed by atoms with Crippen LogP contribution in [-0.2, 0) is 10.0 Å². The number of nitrogens with one attached hydrogen (secondary N) is 1. The monoisotopic (exact) mass is 371 g/mol. The minimum absolute atomic E-state index is 0. The summed E-state index contributed by atoms with van der Waals surface area (Å²) in [6.07, 6.45) is 1.13. The molecule has 1 aromatic carbocycles. The molecule has 1 aromatic rings. The van der Waals surface area contributed by atoms with Crippen LogP contribution in [-0.4, -0.2) is 25.4 Å². The topological polar surface area (TPSA) is 115 Å². The molecule has 126 valence electrons. The molecular weight excluding hydrogens is 353 g/mol. The fourth-order valence-electron chi connectivity index (χ4n) is 1.72. The first kappa shape index (κ1) is 21.1. The van der Waals surface area contributed by atoms with Gasteiger partial charge < -0.3 is 5.73 Å². The Morgan fingerprint density at radius 3 is 2.36 bits per heavy atom. The number of hydrogen-bond acceptors (Lipinski definition) is 5. The molecule has 0 radical (unpaired) electrons. The van der Waals surface area contributed by atoms with Gasteiger partial charge in [-0.3, -0.25) is 10.1 Å². The highest BCUT2D eigenvalue weighted by Crippen LogP contribution is 2.30. The number of nitro benzene ring substituents is 1. The van der Waals surface area contributed by atoms with Crippen LogP contribution in [0, 0.1) is 10.1 Å². The molecule has 3 N–H and O–H groups in total. The van der Waals surface area contributed by atoms with Crippen molar-refractivity contribution >= 4 is 39.7 Å². The van der Waals surface area contributed by atoms with E-state index in [1.165, 1.54) is 12.1 Å². The molecule has 0 heterocycles. The Bertz CT molecular complexity index is 633. The SMILES string of the molecule is CCC(N)(CC)CNS(=O)(=O)c1c(Cl)cccc1[N+](=O)[O-].Cl. The smallest absolute Gasteiger partial charge is 0.290 e. The summed E-state index contributed by atoms with van der Waals surface area (Å²) in [5.41, 5.74) is 4.75. The zero-order valence-electron chi connectivity index (χ0n) is 12.2. The number of halogens is 2. The largest absolute Gasteiger partial charge is 0.324 e. The fraction of sp³-hybridized carbons (Fsp3) is 0.500. The molecule has 0 spiro atoms. The van der Waals surface area contributed by atoms with Gasteiger partial charge in [-0.15, -0.1) is 12.4 Å². The molecular formula is C12H19Cl2N3O4S. The summed E-state index contributed by atoms with van der Waals surface area (Å²) in [7, 11) is -4.12. The van der Waals surface area contributed by atoms with E-state index in [4.69, 9.17) is 17.3 Å². The summed E-state index contributed by atoms with van der Waals surface area (Å²) in [6, 6.07) is 3.71. The third-order valence-corrected chi connectivity index (χ3v) is 5.35. The molecule has 22 heavy (non-hydrogen) atoms. The van der Waals surface area contributed by atoms with Crippen molar-refractivity contribution in [2.45, 2.75) is 37.1 Å². The van der Waals surface area contributed by atoms with Gasteiger partial charge in [0.25, 0.3) is 5.69 Å². The number of nitrogens with two attached hydrogens (primary N) is 1. The third kappa shape index (κ3) is 4.79. The van der Waals surface area contributed by atoms with Crippen LogP contribution in [0.4, 0.5) is 5.69 Å². The molecule has 0 unspecified atom stereocenters. The van der Waals surface area contributed by atoms with E-state index in [-0.39, 0.29) is 24.0 Å². The van der Waals surface area contributed by atoms with E-state index in [1.54, 1.807) is 0 Å². The maximum atomic E-state index is 12.3. The molecule has 0 fully saturated rings. The van der Waals surface area contributed by atoms with Crippen molar-refractivity contribution in [1.29, 1.82) is 0 Å². The molecule has 0 aromatic heterocycles. The predicted octanol–water partition coefficient (Wildman–Crippen LogP) is 2.47. The standard InChI is InChI=1S/C12H18ClN3O4S.ClH/c1-3-12(14,4-2)8-15-21(19,20)11-9(13)6-5-7-10(11)16(17)18;/h5-7,15H,3-4,8,14H2,1-2H3;1H. The second-order valence-electron chi connectivity index (χ2n) is 4.74. The van der Waals surface area contributed by atoms with Crippen LogP contribution in [0.5, 0.6) is 0 Å². The number of sulfonamides is 1. The van der Waals surface area contributed by atoms with Gasteiger partial charge in [0, 0.05) is 18.2 Å². The molecule has 0 aliphatic rings. The molecule has 7 nitrogen and oxygen atoms in total. The van der Waals surface area contributed by atoms with E-state index in [2.05, 4.69) is 4.72 Å². The normalized spacial score (nSPS) is 11.8. The quantitative estimate of drug-likeness (QED) is 0.564. The Hall–Kier alpha value is -0.930. The van der Waals surface area contributed by atoms with Gasteiger partial charge in [-0.25, -0.2) is 13.1 Å². The number of hydrogen-bond donors (Lipinski definition) is 2. The van der Waals surface area contributed by atoms with Gasteiger partial charge in [0.2, 0.25) is 10.0 Å². The van der Waals surface area contributed by atoms with Crippen molar-refractivity contribution in [1.82, 2.24) is 4.72 Å². The van der Waals surface area contributed by atoms with Crippen molar-refractivity contribution in [2.24, 2.45) is 5.73 Å². The predicted molar refractivity (Wildman–Crippen MR) is 88.0 cm³/mol. The molecule has 0 atom stereocenters. The van der Waals surface area contributed by atoms with Crippen molar-refractivity contribution in [3.05, 3.63) is 33.3 Å². The van der Waals surface area contributed by atoms with Crippen LogP contribution in [0.2, 0.25) is 5.02 Å². The highest BCUT2D eigenvalue weighted by molar-refractivity contribution is 7.89. The molecule has 0 amide bonds. The lowest BCUT2D eigenvalue weighted by Crippen LogP contribution is -2.49. The zero-order chi connectivity index (χ0) is 16.3. The Labute approximate surface area is 140 Å². The van der Waals surface area contributed by atoms with Crippen LogP contribution in [0.15, 0.2) is 23.1 Å². The van der Waals surface area contributed by atoms with Crippen molar-refractivity contribution in [2.75, 3.05) is 6.54 Å². The first-order chi connectivity index (χ1) is 9.67. The van der Waals surface area contributed by atoms with E-state index in [0.717, 1.165) is 6.07 Å². The molecule has 0 aliphatic heterocycles. The average molecular weight is 372 g/mol. The molecule has 0 saturated heterocycles. The maximum Gasteiger partial charge on any atom is 0.290 e. The lowest BCUT2D eigenvalue weighted by molar-refractivity contribution is -0.387. The Morgan fingerprint density at radius 2 is 1.91 bits per heavy atom. The minimum Gasteiger partial charge on any atom is -0.324 e. The summed E-state index contributed by atoms with van der Waals surface area (Å²) in [6.45, 7) is 3.66. The third-order valence-electron chi connectivity index (χ3n) is 3.43. The van der Waals surface area contributed by atoms with Crippen LogP contribution in [0.1, 0.15) is 26.7 Å². The summed E-state index contributed by atoms with van der Waals surface area (Å²) in [5, 5.41) is 10.8. The van der Waals surface area contributed by atoms with Crippen molar-refractivity contribution in [3.8, 4) is 0 Å². The summed E-state index contributed by atoms with van der Waals surface area (Å²) in [5.74, 6) is 0. The summed E-state index contributed by atoms with van der Waals surface area (Å²) >= 11 is 5.82. The number of nitro groups is 1. The number of nitrogens with zero attached hydrogens (tertiary/aromatic N) is 1. The van der Waals surface area contributed by atoms with E-state index in [1.807, 2.05) is 13.8 Å². The molecule has 0 saturated carbocycles. The number of benzene rings is 1. The Morgan fingerprint density at radius 1 is 1.36 bits per heavy atom. The highest BCUT2D eigenvalue weighted by atomic mass is 35.5. The van der Waals surface area contributed by atoms with Gasteiger partial charge in [0.05, 0.1) is 9.95 Å². The zero-order valence-corrected chi connectivity index (χ0v) is 14.6. The van der Waals surface area contributed by atoms with Crippen LogP contribution in [0.3, 0.4) is 0 Å². The van der Waals surface area contributed by atoms with Gasteiger partial charge in [0.1, 0.15) is 0 Å². The molecule has 0 aliphatic carbocycles. The van der Waals surface area contributed by atoms with Crippen molar-refractivity contribution in [3.63, 3.8) is 0 Å². The average Bonchev–Trinajstić information content (AvgIpc) is 2.44. The summed E-state index contributed by atoms with van der Waals surface area (Å²) in [4.78, 5) is 9.65. The van der Waals surface area contributed by atoms with Gasteiger partial charge in [-0.1, -0.05) is 31.5 Å². The van der Waals surface area contributed by atoms with Crippen LogP contribution >= 0.6 is 24.0 Å². The minimum atomic E-state index is -4.12. The van der Waals surface area contributed by atoms with E-state index < -0.39 is 31.1 Å². The summed E-state index contributed by atoms with van der Waals surface area (Å²) < 4.78 is 26.9. The van der Waals surface area contributed by atoms with Crippen LogP contribution < -0.4 is 10.5 Å². The van der Waals surface area contributed by atoms with Crippen molar-refractivity contribution < 1.29 is 13.3 Å². The lowest BCUT2D eigenvalue weighted by atomic mass is 9.95. The van der Waals surface area contributed by atoms with Gasteiger partial charge in [0.15, 0.2) is 4.90 Å². The lowest BCUT2D eigenvalue weighted by Gasteiger charge is -2.26.